The zero-order valence-electron chi connectivity index (χ0n) is 15.0. The molecule has 1 aliphatic heterocycles. The number of carbonyl (C=O) groups excluding carboxylic acids is 1. The smallest absolute Gasteiger partial charge is 0.365 e. The number of nitrogens with zero attached hydrogens (tertiary/aromatic N) is 1. The van der Waals surface area contributed by atoms with E-state index >= 15 is 0 Å². The average molecular weight is 464 g/mol. The molecular weight excluding hydrogens is 449 g/mol. The van der Waals surface area contributed by atoms with Gasteiger partial charge in [0.05, 0.1) is 21.2 Å². The van der Waals surface area contributed by atoms with Crippen LogP contribution in [0.3, 0.4) is 0 Å². The molecule has 0 saturated carbocycles. The third kappa shape index (κ3) is 4.00. The summed E-state index contributed by atoms with van der Waals surface area (Å²) in [6.45, 7) is -0.135. The molecule has 0 bridgehead atoms. The molecule has 1 amide bonds. The topological polar surface area (TPSA) is 121 Å². The van der Waals surface area contributed by atoms with Crippen molar-refractivity contribution in [2.45, 2.75) is 21.8 Å². The number of hydrogen-bond donors (Lipinski definition) is 2. The Morgan fingerprint density at radius 3 is 2.50 bits per heavy atom. The van der Waals surface area contributed by atoms with Crippen LogP contribution in [0.4, 0.5) is 18.9 Å². The van der Waals surface area contributed by atoms with Crippen LogP contribution in [0.5, 0.6) is 0 Å². The summed E-state index contributed by atoms with van der Waals surface area (Å²) < 4.78 is 86.4. The van der Waals surface area contributed by atoms with Gasteiger partial charge >= 0.3 is 5.51 Å². The van der Waals surface area contributed by atoms with E-state index in [1.54, 1.807) is 0 Å². The van der Waals surface area contributed by atoms with Gasteiger partial charge in [0.25, 0.3) is 15.7 Å². The van der Waals surface area contributed by atoms with Crippen molar-refractivity contribution in [3.63, 3.8) is 0 Å². The third-order valence-corrected chi connectivity index (χ3v) is 7.73. The number of hydroxylamine groups is 1. The minimum absolute atomic E-state index is 0.0320. The number of halogens is 3. The molecular formula is C17H15F3N2O6S2. The molecule has 0 fully saturated rings. The van der Waals surface area contributed by atoms with E-state index in [0.717, 1.165) is 18.2 Å². The van der Waals surface area contributed by atoms with Gasteiger partial charge in [-0.3, -0.25) is 10.0 Å². The summed E-state index contributed by atoms with van der Waals surface area (Å²) in [7, 11) is -9.18. The van der Waals surface area contributed by atoms with E-state index in [9.17, 15) is 34.8 Å². The Morgan fingerprint density at radius 1 is 1.17 bits per heavy atom. The summed E-state index contributed by atoms with van der Waals surface area (Å²) in [5.74, 6) is -1.15. The fraction of sp³-hybridized carbons (Fsp3) is 0.235. The standard InChI is InChI=1S/C17H15F3N2O6S2/c18-17(19,20)30(27,28)13-3-1-2-11(8-13)10-22-6-7-29(25,26)15-5-4-12(9-14(15)22)16(23)21-24/h1-5,8-9,24H,6-7,10H2,(H,21,23). The first kappa shape index (κ1) is 22.1. The Kier molecular flexibility index (Phi) is 5.56. The molecule has 1 aliphatic rings. The Hall–Kier alpha value is -2.64. The molecule has 0 saturated heterocycles. The van der Waals surface area contributed by atoms with Gasteiger partial charge in [0.2, 0.25) is 0 Å². The Balaban J connectivity index is 2.01. The van der Waals surface area contributed by atoms with Crippen LogP contribution in [0.25, 0.3) is 0 Å². The van der Waals surface area contributed by atoms with E-state index in [1.165, 1.54) is 34.6 Å². The van der Waals surface area contributed by atoms with E-state index in [2.05, 4.69) is 0 Å². The summed E-state index contributed by atoms with van der Waals surface area (Å²) in [6.07, 6.45) is 0. The fourth-order valence-electron chi connectivity index (χ4n) is 3.02. The lowest BCUT2D eigenvalue weighted by Gasteiger charge is -2.31. The second-order valence-corrected chi connectivity index (χ2v) is 10.5. The van der Waals surface area contributed by atoms with Crippen molar-refractivity contribution in [3.8, 4) is 0 Å². The Labute approximate surface area is 169 Å². The van der Waals surface area contributed by atoms with Crippen LogP contribution in [0, 0.1) is 0 Å². The van der Waals surface area contributed by atoms with Crippen molar-refractivity contribution in [1.82, 2.24) is 5.48 Å². The maximum Gasteiger partial charge on any atom is 0.501 e. The average Bonchev–Trinajstić information content (AvgIpc) is 2.68. The van der Waals surface area contributed by atoms with Gasteiger partial charge in [-0.2, -0.15) is 13.2 Å². The second kappa shape index (κ2) is 7.56. The van der Waals surface area contributed by atoms with E-state index < -0.39 is 36.0 Å². The van der Waals surface area contributed by atoms with Gasteiger partial charge in [-0.15, -0.1) is 0 Å². The highest BCUT2D eigenvalue weighted by Crippen LogP contribution is 2.34. The lowest BCUT2D eigenvalue weighted by atomic mass is 10.1. The van der Waals surface area contributed by atoms with E-state index in [-0.39, 0.29) is 40.6 Å². The summed E-state index contributed by atoms with van der Waals surface area (Å²) in [4.78, 5) is 12.2. The molecule has 13 heteroatoms. The molecule has 8 nitrogen and oxygen atoms in total. The van der Waals surface area contributed by atoms with Crippen molar-refractivity contribution in [1.29, 1.82) is 0 Å². The van der Waals surface area contributed by atoms with Crippen molar-refractivity contribution >= 4 is 31.3 Å². The SMILES string of the molecule is O=C(NO)c1ccc2c(c1)N(Cc1cccc(S(=O)(=O)C(F)(F)F)c1)CCS2(=O)=O. The molecule has 2 aromatic carbocycles. The Bertz CT molecular complexity index is 1210. The number of nitrogens with one attached hydrogen (secondary N) is 1. The monoisotopic (exact) mass is 464 g/mol. The number of hydrogen-bond acceptors (Lipinski definition) is 7. The van der Waals surface area contributed by atoms with Crippen LogP contribution < -0.4 is 10.4 Å². The minimum atomic E-state index is -5.54. The first-order chi connectivity index (χ1) is 13.9. The van der Waals surface area contributed by atoms with Crippen LogP contribution in [0.2, 0.25) is 0 Å². The molecule has 0 atom stereocenters. The van der Waals surface area contributed by atoms with Crippen molar-refractivity contribution < 1.29 is 40.0 Å². The van der Waals surface area contributed by atoms with Crippen LogP contribution in [-0.4, -0.2) is 45.8 Å². The molecule has 162 valence electrons. The predicted octanol–water partition coefficient (Wildman–Crippen LogP) is 1.89. The molecule has 0 aliphatic carbocycles. The van der Waals surface area contributed by atoms with Crippen LogP contribution >= 0.6 is 0 Å². The zero-order valence-corrected chi connectivity index (χ0v) is 16.7. The first-order valence-electron chi connectivity index (χ1n) is 8.33. The molecule has 0 aromatic heterocycles. The number of fused-ring (bicyclic) bond motifs is 1. The third-order valence-electron chi connectivity index (χ3n) is 4.52. The van der Waals surface area contributed by atoms with Crippen LogP contribution in [-0.2, 0) is 26.2 Å². The first-order valence-corrected chi connectivity index (χ1v) is 11.5. The van der Waals surface area contributed by atoms with Crippen molar-refractivity contribution in [3.05, 3.63) is 53.6 Å². The van der Waals surface area contributed by atoms with E-state index in [0.29, 0.717) is 0 Å². The van der Waals surface area contributed by atoms with Crippen molar-refractivity contribution in [2.75, 3.05) is 17.2 Å². The summed E-state index contributed by atoms with van der Waals surface area (Å²) in [5, 5.41) is 8.79. The highest BCUT2D eigenvalue weighted by atomic mass is 32.2. The number of benzene rings is 2. The number of carbonyl (C=O) groups is 1. The van der Waals surface area contributed by atoms with Gasteiger partial charge in [-0.05, 0) is 35.9 Å². The van der Waals surface area contributed by atoms with Crippen LogP contribution in [0.1, 0.15) is 15.9 Å². The molecule has 0 unspecified atom stereocenters. The van der Waals surface area contributed by atoms with Gasteiger partial charge in [-0.1, -0.05) is 12.1 Å². The highest BCUT2D eigenvalue weighted by Gasteiger charge is 2.46. The van der Waals surface area contributed by atoms with Crippen LogP contribution in [0.15, 0.2) is 52.3 Å². The maximum atomic E-state index is 12.8. The predicted molar refractivity (Wildman–Crippen MR) is 98.5 cm³/mol. The molecule has 1 heterocycles. The summed E-state index contributed by atoms with van der Waals surface area (Å²) in [6, 6.07) is 7.90. The zero-order chi connectivity index (χ0) is 22.3. The molecule has 2 N–H and O–H groups in total. The summed E-state index contributed by atoms with van der Waals surface area (Å²) in [5.41, 5.74) is -3.74. The van der Waals surface area contributed by atoms with Crippen molar-refractivity contribution in [2.24, 2.45) is 0 Å². The second-order valence-electron chi connectivity index (χ2n) is 6.46. The lowest BCUT2D eigenvalue weighted by molar-refractivity contribution is -0.0436. The van der Waals surface area contributed by atoms with Gasteiger partial charge in [0, 0.05) is 18.7 Å². The number of amides is 1. The number of sulfone groups is 2. The van der Waals surface area contributed by atoms with Gasteiger partial charge in [-0.25, -0.2) is 22.3 Å². The molecule has 3 rings (SSSR count). The quantitative estimate of drug-likeness (QED) is 0.524. The number of alkyl halides is 3. The largest absolute Gasteiger partial charge is 0.501 e. The molecule has 2 aromatic rings. The minimum Gasteiger partial charge on any atom is -0.365 e. The van der Waals surface area contributed by atoms with Gasteiger partial charge < -0.3 is 4.90 Å². The Morgan fingerprint density at radius 2 is 1.87 bits per heavy atom. The van der Waals surface area contributed by atoms with Gasteiger partial charge in [0.15, 0.2) is 9.84 Å². The fourth-order valence-corrected chi connectivity index (χ4v) is 5.32. The normalized spacial score (nSPS) is 16.1. The van der Waals surface area contributed by atoms with Gasteiger partial charge in [0.1, 0.15) is 0 Å². The van der Waals surface area contributed by atoms with E-state index in [4.69, 9.17) is 5.21 Å². The summed E-state index contributed by atoms with van der Waals surface area (Å²) >= 11 is 0. The lowest BCUT2D eigenvalue weighted by Crippen LogP contribution is -2.35. The van der Waals surface area contributed by atoms with E-state index in [1.807, 2.05) is 0 Å². The maximum absolute atomic E-state index is 12.8. The molecule has 0 radical (unpaired) electrons. The number of anilines is 1. The molecule has 30 heavy (non-hydrogen) atoms. The number of rotatable bonds is 4. The molecule has 0 spiro atoms. The highest BCUT2D eigenvalue weighted by molar-refractivity contribution is 7.92.